The van der Waals surface area contributed by atoms with Gasteiger partial charge in [0.2, 0.25) is 5.76 Å². The molecule has 2 N–H and O–H groups in total. The van der Waals surface area contributed by atoms with Crippen molar-refractivity contribution in [2.45, 2.75) is 45.1 Å². The maximum Gasteiger partial charge on any atom is 0.303 e. The summed E-state index contributed by atoms with van der Waals surface area (Å²) in [6.45, 7) is 7.08. The number of hydrogen-bond donors (Lipinski definition) is 2. The summed E-state index contributed by atoms with van der Waals surface area (Å²) in [7, 11) is -4.20. The van der Waals surface area contributed by atoms with Crippen molar-refractivity contribution in [2.24, 2.45) is 5.92 Å². The lowest BCUT2D eigenvalue weighted by Gasteiger charge is -2.24. The lowest BCUT2D eigenvalue weighted by Crippen LogP contribution is -2.35. The summed E-state index contributed by atoms with van der Waals surface area (Å²) in [5, 5.41) is 6.42. The Labute approximate surface area is 162 Å². The summed E-state index contributed by atoms with van der Waals surface area (Å²) in [6, 6.07) is 4.18. The fourth-order valence-corrected chi connectivity index (χ4v) is 3.99. The van der Waals surface area contributed by atoms with Gasteiger partial charge in [-0.15, -0.1) is 0 Å². The maximum atomic E-state index is 12.7. The molecule has 1 atom stereocenters. The number of anilines is 1. The molecule has 1 aliphatic rings. The summed E-state index contributed by atoms with van der Waals surface area (Å²) in [5.74, 6) is -0.900. The van der Waals surface area contributed by atoms with E-state index in [9.17, 15) is 18.0 Å². The first-order valence-corrected chi connectivity index (χ1v) is 10.2. The highest BCUT2D eigenvalue weighted by molar-refractivity contribution is 7.90. The SMILES string of the molecule is Cc1cc2c(cc1S(=O)(=O)NC(=O)c1cc(CC(C)C)no1)OC(C)C(=O)N2. The number of carbonyl (C=O) groups is 2. The third-order valence-electron chi connectivity index (χ3n) is 4.12. The topological polar surface area (TPSA) is 128 Å². The van der Waals surface area contributed by atoms with Gasteiger partial charge in [0.25, 0.3) is 15.9 Å². The first-order chi connectivity index (χ1) is 13.1. The molecular weight excluding hydrogens is 386 g/mol. The molecular formula is C18H21N3O6S. The second kappa shape index (κ2) is 7.27. The number of nitrogens with one attached hydrogen (secondary N) is 2. The van der Waals surface area contributed by atoms with E-state index in [0.717, 1.165) is 0 Å². The Kier molecular flexibility index (Phi) is 5.16. The molecule has 0 aliphatic carbocycles. The van der Waals surface area contributed by atoms with Crippen LogP contribution in [0.1, 0.15) is 42.6 Å². The van der Waals surface area contributed by atoms with Crippen LogP contribution in [0.5, 0.6) is 5.75 Å². The van der Waals surface area contributed by atoms with Crippen LogP contribution >= 0.6 is 0 Å². The zero-order valence-electron chi connectivity index (χ0n) is 15.9. The second-order valence-corrected chi connectivity index (χ2v) is 8.73. The quantitative estimate of drug-likeness (QED) is 0.776. The number of ether oxygens (including phenoxy) is 1. The molecule has 1 aromatic heterocycles. The number of amides is 2. The van der Waals surface area contributed by atoms with Crippen LogP contribution < -0.4 is 14.8 Å². The van der Waals surface area contributed by atoms with Crippen molar-refractivity contribution in [1.29, 1.82) is 0 Å². The van der Waals surface area contributed by atoms with Crippen molar-refractivity contribution in [3.8, 4) is 5.75 Å². The molecule has 1 unspecified atom stereocenters. The van der Waals surface area contributed by atoms with E-state index in [1.807, 2.05) is 18.6 Å². The van der Waals surface area contributed by atoms with Gasteiger partial charge in [0.1, 0.15) is 5.75 Å². The first-order valence-electron chi connectivity index (χ1n) is 8.71. The van der Waals surface area contributed by atoms with Crippen LogP contribution in [-0.4, -0.2) is 31.5 Å². The molecule has 0 saturated heterocycles. The number of fused-ring (bicyclic) bond motifs is 1. The van der Waals surface area contributed by atoms with Crippen LogP contribution in [0, 0.1) is 12.8 Å². The van der Waals surface area contributed by atoms with E-state index in [1.165, 1.54) is 18.2 Å². The normalized spacial score (nSPS) is 16.3. The van der Waals surface area contributed by atoms with Gasteiger partial charge >= 0.3 is 5.91 Å². The van der Waals surface area contributed by atoms with Gasteiger partial charge in [0.15, 0.2) is 6.10 Å². The number of sulfonamides is 1. The van der Waals surface area contributed by atoms with Gasteiger partial charge in [-0.1, -0.05) is 19.0 Å². The third kappa shape index (κ3) is 4.01. The van der Waals surface area contributed by atoms with Crippen LogP contribution in [-0.2, 0) is 21.2 Å². The van der Waals surface area contributed by atoms with Crippen LogP contribution in [0.15, 0.2) is 27.6 Å². The molecule has 0 fully saturated rings. The Hall–Kier alpha value is -2.88. The van der Waals surface area contributed by atoms with Crippen LogP contribution in [0.2, 0.25) is 0 Å². The molecule has 0 radical (unpaired) electrons. The zero-order chi connectivity index (χ0) is 20.6. The van der Waals surface area contributed by atoms with E-state index in [-0.39, 0.29) is 22.3 Å². The highest BCUT2D eigenvalue weighted by Crippen LogP contribution is 2.34. The van der Waals surface area contributed by atoms with E-state index in [4.69, 9.17) is 9.26 Å². The van der Waals surface area contributed by atoms with Crippen LogP contribution in [0.25, 0.3) is 0 Å². The highest BCUT2D eigenvalue weighted by atomic mass is 32.2. The predicted octanol–water partition coefficient (Wildman–Crippen LogP) is 2.02. The average molecular weight is 407 g/mol. The smallest absolute Gasteiger partial charge is 0.303 e. The monoisotopic (exact) mass is 407 g/mol. The molecule has 0 bridgehead atoms. The third-order valence-corrected chi connectivity index (χ3v) is 5.60. The highest BCUT2D eigenvalue weighted by Gasteiger charge is 2.29. The standard InChI is InChI=1S/C18H21N3O6S/c1-9(2)5-12-7-15(27-20-12)18(23)21-28(24,25)16-8-14-13(6-10(16)3)19-17(22)11(4)26-14/h6-9,11H,5H2,1-4H3,(H,19,22)(H,21,23). The van der Waals surface area contributed by atoms with Crippen molar-refractivity contribution in [1.82, 2.24) is 9.88 Å². The minimum Gasteiger partial charge on any atom is -0.479 e. The molecule has 0 saturated carbocycles. The molecule has 28 heavy (non-hydrogen) atoms. The number of nitrogens with zero attached hydrogens (tertiary/aromatic N) is 1. The Balaban J connectivity index is 1.85. The summed E-state index contributed by atoms with van der Waals surface area (Å²) >= 11 is 0. The number of hydrogen-bond acceptors (Lipinski definition) is 7. The average Bonchev–Trinajstić information content (AvgIpc) is 3.03. The molecule has 10 heteroatoms. The van der Waals surface area contributed by atoms with Crippen molar-refractivity contribution >= 4 is 27.5 Å². The largest absolute Gasteiger partial charge is 0.479 e. The summed E-state index contributed by atoms with van der Waals surface area (Å²) in [5.41, 5.74) is 1.29. The Morgan fingerprint density at radius 3 is 2.71 bits per heavy atom. The van der Waals surface area contributed by atoms with Crippen molar-refractivity contribution in [3.63, 3.8) is 0 Å². The lowest BCUT2D eigenvalue weighted by atomic mass is 10.1. The fourth-order valence-electron chi connectivity index (χ4n) is 2.79. The minimum atomic E-state index is -4.20. The van der Waals surface area contributed by atoms with Gasteiger partial charge in [0, 0.05) is 12.1 Å². The molecule has 2 aromatic rings. The van der Waals surface area contributed by atoms with E-state index in [1.54, 1.807) is 13.8 Å². The van der Waals surface area contributed by atoms with Gasteiger partial charge < -0.3 is 14.6 Å². The zero-order valence-corrected chi connectivity index (χ0v) is 16.7. The Bertz CT molecular complexity index is 1040. The summed E-state index contributed by atoms with van der Waals surface area (Å²) in [6.07, 6.45) is -0.150. The molecule has 9 nitrogen and oxygen atoms in total. The molecule has 1 aliphatic heterocycles. The van der Waals surface area contributed by atoms with Crippen LogP contribution in [0.3, 0.4) is 0 Å². The maximum absolute atomic E-state index is 12.7. The lowest BCUT2D eigenvalue weighted by molar-refractivity contribution is -0.122. The van der Waals surface area contributed by atoms with Gasteiger partial charge in [-0.3, -0.25) is 9.59 Å². The first kappa shape index (κ1) is 19.9. The number of carbonyl (C=O) groups excluding carboxylic acids is 2. The molecule has 2 heterocycles. The molecule has 150 valence electrons. The Morgan fingerprint density at radius 1 is 1.32 bits per heavy atom. The molecule has 0 spiro atoms. The van der Waals surface area contributed by atoms with Crippen molar-refractivity contribution in [3.05, 3.63) is 35.2 Å². The van der Waals surface area contributed by atoms with Gasteiger partial charge in [0.05, 0.1) is 16.3 Å². The Morgan fingerprint density at radius 2 is 2.04 bits per heavy atom. The fraction of sp³-hybridized carbons (Fsp3) is 0.389. The molecule has 2 amide bonds. The van der Waals surface area contributed by atoms with Gasteiger partial charge in [-0.25, -0.2) is 13.1 Å². The molecule has 3 rings (SSSR count). The van der Waals surface area contributed by atoms with E-state index in [0.29, 0.717) is 29.3 Å². The van der Waals surface area contributed by atoms with Crippen LogP contribution in [0.4, 0.5) is 5.69 Å². The summed E-state index contributed by atoms with van der Waals surface area (Å²) < 4.78 is 37.8. The number of aryl methyl sites for hydroxylation is 1. The van der Waals surface area contributed by atoms with E-state index in [2.05, 4.69) is 10.5 Å². The number of aromatic nitrogens is 1. The second-order valence-electron chi connectivity index (χ2n) is 7.08. The predicted molar refractivity (Wildman–Crippen MR) is 99.6 cm³/mol. The number of rotatable bonds is 5. The van der Waals surface area contributed by atoms with E-state index < -0.39 is 22.0 Å². The number of benzene rings is 1. The molecule has 1 aromatic carbocycles. The van der Waals surface area contributed by atoms with Crippen molar-refractivity contribution < 1.29 is 27.3 Å². The van der Waals surface area contributed by atoms with Crippen molar-refractivity contribution in [2.75, 3.05) is 5.32 Å². The van der Waals surface area contributed by atoms with Gasteiger partial charge in [-0.05, 0) is 37.8 Å². The van der Waals surface area contributed by atoms with E-state index >= 15 is 0 Å². The van der Waals surface area contributed by atoms with Gasteiger partial charge in [-0.2, -0.15) is 0 Å². The minimum absolute atomic E-state index is 0.134. The summed E-state index contributed by atoms with van der Waals surface area (Å²) in [4.78, 5) is 23.9.